The van der Waals surface area contributed by atoms with Gasteiger partial charge in [0.15, 0.2) is 0 Å². The minimum atomic E-state index is -4.06. The summed E-state index contributed by atoms with van der Waals surface area (Å²) in [7, 11) is 1.50. The molecule has 0 saturated carbocycles. The van der Waals surface area contributed by atoms with Gasteiger partial charge in [-0.25, -0.2) is 0 Å². The summed E-state index contributed by atoms with van der Waals surface area (Å²) in [5.74, 6) is 0.145. The Kier molecular flexibility index (Phi) is 8.11. The fraction of sp³-hybridized carbons (Fsp3) is 1.00. The molecule has 2 unspecified atom stereocenters. The zero-order valence-electron chi connectivity index (χ0n) is 10.4. The lowest BCUT2D eigenvalue weighted by Crippen LogP contribution is -2.36. The largest absolute Gasteiger partial charge is 0.394 e. The van der Waals surface area contributed by atoms with Crippen LogP contribution in [-0.4, -0.2) is 13.2 Å². The molecular weight excluding hydrogens is 203 g/mol. The van der Waals surface area contributed by atoms with Crippen molar-refractivity contribution in [3.8, 4) is 0 Å². The van der Waals surface area contributed by atoms with Crippen molar-refractivity contribution >= 4 is 0 Å². The van der Waals surface area contributed by atoms with Gasteiger partial charge in [0.25, 0.3) is 0 Å². The van der Waals surface area contributed by atoms with Gasteiger partial charge in [0, 0.05) is 0 Å². The predicted molar refractivity (Wildman–Crippen MR) is 58.6 cm³/mol. The molecule has 15 heavy (non-hydrogen) atoms. The predicted octanol–water partition coefficient (Wildman–Crippen LogP) is 3.98. The molecule has 2 atom stereocenters. The number of rotatable bonds is 4. The maximum atomic E-state index is 12.6. The van der Waals surface area contributed by atoms with Gasteiger partial charge in [-0.2, -0.15) is 13.2 Å². The van der Waals surface area contributed by atoms with Crippen LogP contribution in [0.2, 0.25) is 0 Å². The van der Waals surface area contributed by atoms with Crippen molar-refractivity contribution in [1.82, 2.24) is 0 Å². The number of hydrogen-bond donors (Lipinski definition) is 1. The lowest BCUT2D eigenvalue weighted by atomic mass is 9.78. The highest BCUT2D eigenvalue weighted by Crippen LogP contribution is 2.45. The van der Waals surface area contributed by atoms with E-state index in [4.69, 9.17) is 0 Å². The van der Waals surface area contributed by atoms with E-state index in [2.05, 4.69) is 5.73 Å². The maximum absolute atomic E-state index is 12.6. The molecule has 1 nitrogen and oxygen atoms in total. The minimum Gasteiger partial charge on any atom is -0.333 e. The SMILES string of the molecule is CCC(C)CC(C)(CC)C(F)(F)F.CN. The first-order valence-corrected chi connectivity index (χ1v) is 5.41. The fourth-order valence-corrected chi connectivity index (χ4v) is 1.37. The summed E-state index contributed by atoms with van der Waals surface area (Å²) in [6.45, 7) is 6.73. The third-order valence-corrected chi connectivity index (χ3v) is 2.96. The van der Waals surface area contributed by atoms with Gasteiger partial charge in [0.2, 0.25) is 0 Å². The number of halogens is 3. The van der Waals surface area contributed by atoms with Crippen LogP contribution in [0, 0.1) is 11.3 Å². The summed E-state index contributed by atoms with van der Waals surface area (Å²) < 4.78 is 37.8. The van der Waals surface area contributed by atoms with Crippen LogP contribution in [0.4, 0.5) is 13.2 Å². The molecule has 0 aliphatic carbocycles. The van der Waals surface area contributed by atoms with Crippen LogP contribution in [0.1, 0.15) is 47.0 Å². The van der Waals surface area contributed by atoms with Crippen LogP contribution in [0.25, 0.3) is 0 Å². The van der Waals surface area contributed by atoms with Crippen molar-refractivity contribution in [2.24, 2.45) is 17.1 Å². The first kappa shape index (κ1) is 17.2. The van der Waals surface area contributed by atoms with Gasteiger partial charge < -0.3 is 5.73 Å². The molecule has 94 valence electrons. The summed E-state index contributed by atoms with van der Waals surface area (Å²) in [6, 6.07) is 0. The van der Waals surface area contributed by atoms with E-state index in [9.17, 15) is 13.2 Å². The Hall–Kier alpha value is -0.250. The molecule has 0 bridgehead atoms. The standard InChI is InChI=1S/C10H19F3.CH5N/c1-5-8(3)7-9(4,6-2)10(11,12)13;1-2/h8H,5-7H2,1-4H3;2H2,1H3. The molecule has 0 aliphatic rings. The van der Waals surface area contributed by atoms with E-state index >= 15 is 0 Å². The van der Waals surface area contributed by atoms with Crippen LogP contribution >= 0.6 is 0 Å². The zero-order valence-corrected chi connectivity index (χ0v) is 10.4. The van der Waals surface area contributed by atoms with Gasteiger partial charge in [-0.15, -0.1) is 0 Å². The van der Waals surface area contributed by atoms with Crippen LogP contribution < -0.4 is 5.73 Å². The van der Waals surface area contributed by atoms with Crippen molar-refractivity contribution < 1.29 is 13.2 Å². The van der Waals surface area contributed by atoms with E-state index in [1.807, 2.05) is 13.8 Å². The van der Waals surface area contributed by atoms with E-state index < -0.39 is 11.6 Å². The third-order valence-electron chi connectivity index (χ3n) is 2.96. The van der Waals surface area contributed by atoms with Crippen LogP contribution in [-0.2, 0) is 0 Å². The Morgan fingerprint density at radius 1 is 1.13 bits per heavy atom. The average Bonchev–Trinajstić information content (AvgIpc) is 2.18. The van der Waals surface area contributed by atoms with Gasteiger partial charge in [-0.1, -0.05) is 34.1 Å². The molecular formula is C11H24F3N. The normalized spacial score (nSPS) is 17.4. The van der Waals surface area contributed by atoms with E-state index in [0.717, 1.165) is 6.42 Å². The Labute approximate surface area is 91.2 Å². The molecule has 0 aliphatic heterocycles. The Balaban J connectivity index is 0. The monoisotopic (exact) mass is 227 g/mol. The Morgan fingerprint density at radius 2 is 1.53 bits per heavy atom. The lowest BCUT2D eigenvalue weighted by Gasteiger charge is -2.33. The molecule has 0 amide bonds. The Bertz CT molecular complexity index is 156. The summed E-state index contributed by atoms with van der Waals surface area (Å²) in [5.41, 5.74) is 3.00. The Morgan fingerprint density at radius 3 is 1.73 bits per heavy atom. The second-order valence-electron chi connectivity index (χ2n) is 4.13. The molecule has 0 aromatic carbocycles. The molecule has 0 rings (SSSR count). The highest BCUT2D eigenvalue weighted by Gasteiger charge is 2.49. The molecule has 2 N–H and O–H groups in total. The molecule has 0 saturated heterocycles. The topological polar surface area (TPSA) is 26.0 Å². The van der Waals surface area contributed by atoms with E-state index in [-0.39, 0.29) is 18.8 Å². The molecule has 4 heteroatoms. The van der Waals surface area contributed by atoms with Crippen molar-refractivity contribution in [3.05, 3.63) is 0 Å². The van der Waals surface area contributed by atoms with Gasteiger partial charge >= 0.3 is 6.18 Å². The van der Waals surface area contributed by atoms with E-state index in [0.29, 0.717) is 0 Å². The summed E-state index contributed by atoms with van der Waals surface area (Å²) >= 11 is 0. The van der Waals surface area contributed by atoms with Gasteiger partial charge in [0.05, 0.1) is 5.41 Å². The highest BCUT2D eigenvalue weighted by atomic mass is 19.4. The highest BCUT2D eigenvalue weighted by molar-refractivity contribution is 4.82. The molecule has 0 aromatic rings. The van der Waals surface area contributed by atoms with E-state index in [1.54, 1.807) is 6.92 Å². The third kappa shape index (κ3) is 5.40. The molecule has 0 heterocycles. The second kappa shape index (κ2) is 7.09. The summed E-state index contributed by atoms with van der Waals surface area (Å²) in [4.78, 5) is 0. The average molecular weight is 227 g/mol. The van der Waals surface area contributed by atoms with Crippen molar-refractivity contribution in [3.63, 3.8) is 0 Å². The van der Waals surface area contributed by atoms with Gasteiger partial charge in [0.1, 0.15) is 0 Å². The van der Waals surface area contributed by atoms with Gasteiger partial charge in [-0.3, -0.25) is 0 Å². The number of nitrogens with two attached hydrogens (primary N) is 1. The van der Waals surface area contributed by atoms with Crippen molar-refractivity contribution in [2.45, 2.75) is 53.1 Å². The molecule has 0 aromatic heterocycles. The molecule has 0 radical (unpaired) electrons. The van der Waals surface area contributed by atoms with Crippen LogP contribution in [0.5, 0.6) is 0 Å². The number of hydrogen-bond acceptors (Lipinski definition) is 1. The summed E-state index contributed by atoms with van der Waals surface area (Å²) in [5, 5.41) is 0. The zero-order chi connectivity index (χ0) is 12.7. The number of alkyl halides is 3. The van der Waals surface area contributed by atoms with Gasteiger partial charge in [-0.05, 0) is 25.8 Å². The second-order valence-corrected chi connectivity index (χ2v) is 4.13. The van der Waals surface area contributed by atoms with E-state index in [1.165, 1.54) is 14.0 Å². The molecule has 0 spiro atoms. The smallest absolute Gasteiger partial charge is 0.333 e. The van der Waals surface area contributed by atoms with Crippen molar-refractivity contribution in [2.75, 3.05) is 7.05 Å². The van der Waals surface area contributed by atoms with Crippen LogP contribution in [0.3, 0.4) is 0 Å². The quantitative estimate of drug-likeness (QED) is 0.772. The summed E-state index contributed by atoms with van der Waals surface area (Å²) in [6.07, 6.45) is -2.85. The fourth-order valence-electron chi connectivity index (χ4n) is 1.37. The van der Waals surface area contributed by atoms with Crippen molar-refractivity contribution in [1.29, 1.82) is 0 Å². The first-order chi connectivity index (χ1) is 6.77. The molecule has 0 fully saturated rings. The minimum absolute atomic E-state index is 0.145. The van der Waals surface area contributed by atoms with Crippen LogP contribution in [0.15, 0.2) is 0 Å². The first-order valence-electron chi connectivity index (χ1n) is 5.41. The maximum Gasteiger partial charge on any atom is 0.394 e. The lowest BCUT2D eigenvalue weighted by molar-refractivity contribution is -0.224.